The predicted octanol–water partition coefficient (Wildman–Crippen LogP) is 2.49. The van der Waals surface area contributed by atoms with Crippen LogP contribution in [0.25, 0.3) is 11.4 Å². The van der Waals surface area contributed by atoms with E-state index in [1.807, 2.05) is 13.0 Å². The first-order valence-electron chi connectivity index (χ1n) is 6.35. The van der Waals surface area contributed by atoms with Gasteiger partial charge in [-0.3, -0.25) is 0 Å². The molecule has 2 atom stereocenters. The topological polar surface area (TPSA) is 64.1 Å². The molecule has 2 aromatic heterocycles. The largest absolute Gasteiger partial charge is 0.469 e. The highest BCUT2D eigenvalue weighted by Crippen LogP contribution is 2.29. The lowest BCUT2D eigenvalue weighted by Crippen LogP contribution is -2.34. The van der Waals surface area contributed by atoms with Gasteiger partial charge in [0, 0.05) is 12.0 Å². The fraction of sp³-hybridized carbons (Fsp3) is 0.538. The van der Waals surface area contributed by atoms with Gasteiger partial charge >= 0.3 is 0 Å². The van der Waals surface area contributed by atoms with E-state index >= 15 is 0 Å². The molecular weight excluding hydrogens is 230 g/mol. The van der Waals surface area contributed by atoms with Gasteiger partial charge in [0.05, 0.1) is 11.8 Å². The van der Waals surface area contributed by atoms with Gasteiger partial charge in [-0.1, -0.05) is 5.16 Å². The summed E-state index contributed by atoms with van der Waals surface area (Å²) in [7, 11) is 0. The number of rotatable bonds is 2. The predicted molar refractivity (Wildman–Crippen MR) is 66.2 cm³/mol. The molecule has 1 aliphatic heterocycles. The number of aryl methyl sites for hydroxylation is 1. The van der Waals surface area contributed by atoms with Crippen LogP contribution in [-0.2, 0) is 0 Å². The van der Waals surface area contributed by atoms with Crippen LogP contribution in [0.5, 0.6) is 0 Å². The summed E-state index contributed by atoms with van der Waals surface area (Å²) >= 11 is 0. The average molecular weight is 247 g/mol. The van der Waals surface area contributed by atoms with Crippen LogP contribution in [0.2, 0.25) is 0 Å². The molecule has 1 N–H and O–H groups in total. The molecule has 1 saturated heterocycles. The molecule has 5 nitrogen and oxygen atoms in total. The number of nitrogens with one attached hydrogen (secondary N) is 1. The maximum absolute atomic E-state index is 5.40. The second kappa shape index (κ2) is 4.57. The van der Waals surface area contributed by atoms with E-state index in [2.05, 4.69) is 22.4 Å². The summed E-state index contributed by atoms with van der Waals surface area (Å²) in [5.41, 5.74) is 0.909. The van der Waals surface area contributed by atoms with E-state index in [4.69, 9.17) is 8.94 Å². The Morgan fingerprint density at radius 3 is 3.06 bits per heavy atom. The number of aromatic nitrogens is 2. The van der Waals surface area contributed by atoms with Gasteiger partial charge in [-0.25, -0.2) is 0 Å². The Balaban J connectivity index is 1.83. The van der Waals surface area contributed by atoms with Crippen LogP contribution >= 0.6 is 0 Å². The maximum atomic E-state index is 5.40. The van der Waals surface area contributed by atoms with Gasteiger partial charge in [-0.15, -0.1) is 0 Å². The van der Waals surface area contributed by atoms with Crippen LogP contribution in [-0.4, -0.2) is 22.7 Å². The minimum Gasteiger partial charge on any atom is -0.469 e. The molecule has 0 amide bonds. The molecule has 1 aliphatic rings. The quantitative estimate of drug-likeness (QED) is 0.883. The highest BCUT2D eigenvalue weighted by atomic mass is 16.5. The zero-order valence-electron chi connectivity index (χ0n) is 10.6. The zero-order valence-corrected chi connectivity index (χ0v) is 10.6. The van der Waals surface area contributed by atoms with Crippen LogP contribution in [0.1, 0.15) is 37.3 Å². The molecule has 0 saturated carbocycles. The second-order valence-corrected chi connectivity index (χ2v) is 4.92. The first-order chi connectivity index (χ1) is 8.74. The minimum atomic E-state index is 0.370. The smallest absolute Gasteiger partial charge is 0.230 e. The van der Waals surface area contributed by atoms with Gasteiger partial charge in [-0.05, 0) is 39.3 Å². The molecule has 5 heteroatoms. The van der Waals surface area contributed by atoms with E-state index in [1.54, 1.807) is 6.26 Å². The molecule has 18 heavy (non-hydrogen) atoms. The Hall–Kier alpha value is -1.62. The van der Waals surface area contributed by atoms with Gasteiger partial charge in [0.25, 0.3) is 0 Å². The molecule has 1 fully saturated rings. The van der Waals surface area contributed by atoms with Crippen molar-refractivity contribution in [2.24, 2.45) is 0 Å². The van der Waals surface area contributed by atoms with Crippen molar-refractivity contribution >= 4 is 0 Å². The first kappa shape index (κ1) is 11.5. The second-order valence-electron chi connectivity index (χ2n) is 4.92. The fourth-order valence-electron chi connectivity index (χ4n) is 2.48. The summed E-state index contributed by atoms with van der Waals surface area (Å²) in [6.45, 7) is 5.09. The monoisotopic (exact) mass is 247 g/mol. The lowest BCUT2D eigenvalue weighted by Gasteiger charge is -2.25. The molecule has 2 unspecified atom stereocenters. The minimum absolute atomic E-state index is 0.370. The Labute approximate surface area is 106 Å². The van der Waals surface area contributed by atoms with Gasteiger partial charge in [0.1, 0.15) is 5.76 Å². The normalized spacial score (nSPS) is 24.3. The number of piperidine rings is 1. The number of hydrogen-bond acceptors (Lipinski definition) is 5. The van der Waals surface area contributed by atoms with E-state index in [-0.39, 0.29) is 0 Å². The lowest BCUT2D eigenvalue weighted by molar-refractivity contribution is 0.295. The van der Waals surface area contributed by atoms with E-state index in [0.29, 0.717) is 17.8 Å². The Bertz CT molecular complexity index is 532. The Morgan fingerprint density at radius 1 is 1.44 bits per heavy atom. The van der Waals surface area contributed by atoms with Crippen molar-refractivity contribution in [2.45, 2.75) is 38.6 Å². The van der Waals surface area contributed by atoms with Gasteiger partial charge in [0.15, 0.2) is 0 Å². The van der Waals surface area contributed by atoms with Crippen molar-refractivity contribution in [2.75, 3.05) is 6.54 Å². The highest BCUT2D eigenvalue weighted by Gasteiger charge is 2.25. The molecule has 0 spiro atoms. The average Bonchev–Trinajstić information content (AvgIpc) is 2.97. The number of hydrogen-bond donors (Lipinski definition) is 1. The van der Waals surface area contributed by atoms with Crippen molar-refractivity contribution in [3.05, 3.63) is 24.0 Å². The van der Waals surface area contributed by atoms with Crippen LogP contribution < -0.4 is 5.32 Å². The van der Waals surface area contributed by atoms with Gasteiger partial charge in [-0.2, -0.15) is 4.98 Å². The standard InChI is InChI=1S/C13H17N3O2/c1-8-7-10(3-5-14-8)13-15-12(16-18-13)11-4-6-17-9(11)2/h4,6,8,10,14H,3,5,7H2,1-2H3. The SMILES string of the molecule is Cc1occc1-c1noc(C2CCNC(C)C2)n1. The third-order valence-electron chi connectivity index (χ3n) is 3.51. The third kappa shape index (κ3) is 2.06. The van der Waals surface area contributed by atoms with Gasteiger partial charge < -0.3 is 14.3 Å². The van der Waals surface area contributed by atoms with Gasteiger partial charge in [0.2, 0.25) is 11.7 Å². The van der Waals surface area contributed by atoms with E-state index in [0.717, 1.165) is 36.6 Å². The van der Waals surface area contributed by atoms with E-state index in [1.165, 1.54) is 0 Å². The summed E-state index contributed by atoms with van der Waals surface area (Å²) in [6.07, 6.45) is 3.75. The molecule has 0 aromatic carbocycles. The molecule has 0 aliphatic carbocycles. The van der Waals surface area contributed by atoms with Crippen LogP contribution in [0.3, 0.4) is 0 Å². The summed E-state index contributed by atoms with van der Waals surface area (Å²) in [4.78, 5) is 4.51. The number of nitrogens with zero attached hydrogens (tertiary/aromatic N) is 2. The van der Waals surface area contributed by atoms with Crippen molar-refractivity contribution in [3.63, 3.8) is 0 Å². The summed E-state index contributed by atoms with van der Waals surface area (Å²) in [5.74, 6) is 2.57. The van der Waals surface area contributed by atoms with Crippen molar-refractivity contribution in [3.8, 4) is 11.4 Å². The Kier molecular flexibility index (Phi) is 2.91. The lowest BCUT2D eigenvalue weighted by atomic mass is 9.93. The molecule has 3 rings (SSSR count). The first-order valence-corrected chi connectivity index (χ1v) is 6.35. The molecule has 0 bridgehead atoms. The molecular formula is C13H17N3O2. The van der Waals surface area contributed by atoms with Crippen LogP contribution in [0.4, 0.5) is 0 Å². The summed E-state index contributed by atoms with van der Waals surface area (Å²) < 4.78 is 10.7. The van der Waals surface area contributed by atoms with E-state index < -0.39 is 0 Å². The van der Waals surface area contributed by atoms with Crippen LogP contribution in [0, 0.1) is 6.92 Å². The van der Waals surface area contributed by atoms with Crippen LogP contribution in [0.15, 0.2) is 21.3 Å². The molecule has 96 valence electrons. The Morgan fingerprint density at radius 2 is 2.33 bits per heavy atom. The molecule has 2 aromatic rings. The van der Waals surface area contributed by atoms with Crippen molar-refractivity contribution in [1.82, 2.24) is 15.5 Å². The summed E-state index contributed by atoms with van der Waals surface area (Å²) in [6, 6.07) is 2.38. The fourth-order valence-corrected chi connectivity index (χ4v) is 2.48. The van der Waals surface area contributed by atoms with Crippen molar-refractivity contribution in [1.29, 1.82) is 0 Å². The molecule has 3 heterocycles. The maximum Gasteiger partial charge on any atom is 0.230 e. The molecule has 0 radical (unpaired) electrons. The van der Waals surface area contributed by atoms with E-state index in [9.17, 15) is 0 Å². The summed E-state index contributed by atoms with van der Waals surface area (Å²) in [5, 5.41) is 7.47. The van der Waals surface area contributed by atoms with Crippen molar-refractivity contribution < 1.29 is 8.94 Å². The number of furan rings is 1. The zero-order chi connectivity index (χ0) is 12.5. The third-order valence-corrected chi connectivity index (χ3v) is 3.51. The highest BCUT2D eigenvalue weighted by molar-refractivity contribution is 5.56.